The number of allylic oxidation sites excluding steroid dienone is 1. The molecule has 1 fully saturated rings. The average Bonchev–Trinajstić information content (AvgIpc) is 2.52. The molecule has 1 aliphatic heterocycles. The fourth-order valence-electron chi connectivity index (χ4n) is 2.60. The van der Waals surface area contributed by atoms with Crippen LogP contribution in [0.2, 0.25) is 0 Å². The van der Waals surface area contributed by atoms with Crippen LogP contribution in [-0.2, 0) is 10.0 Å². The normalized spacial score (nSPS) is 17.7. The molecule has 8 heteroatoms. The second kappa shape index (κ2) is 12.9. The Morgan fingerprint density at radius 3 is 2.50 bits per heavy atom. The molecule has 0 aromatic heterocycles. The lowest BCUT2D eigenvalue weighted by Gasteiger charge is -2.32. The second-order valence-corrected chi connectivity index (χ2v) is 7.84. The van der Waals surface area contributed by atoms with Gasteiger partial charge in [0.25, 0.3) is 0 Å². The van der Waals surface area contributed by atoms with E-state index in [1.165, 1.54) is 0 Å². The molecule has 0 saturated carbocycles. The van der Waals surface area contributed by atoms with E-state index in [0.717, 1.165) is 38.3 Å². The van der Waals surface area contributed by atoms with Gasteiger partial charge in [-0.25, -0.2) is 12.7 Å². The zero-order valence-electron chi connectivity index (χ0n) is 15.1. The molecule has 0 unspecified atom stereocenters. The van der Waals surface area contributed by atoms with Crippen LogP contribution in [-0.4, -0.2) is 56.7 Å². The third-order valence-electron chi connectivity index (χ3n) is 3.80. The molecule has 142 valence electrons. The van der Waals surface area contributed by atoms with Gasteiger partial charge in [0, 0.05) is 32.2 Å². The van der Waals surface area contributed by atoms with Gasteiger partial charge in [-0.2, -0.15) is 0 Å². The van der Waals surface area contributed by atoms with Gasteiger partial charge in [0.1, 0.15) is 0 Å². The number of sulfonamides is 1. The van der Waals surface area contributed by atoms with Crippen molar-refractivity contribution in [1.29, 1.82) is 0 Å². The lowest BCUT2D eigenvalue weighted by Crippen LogP contribution is -2.50. The van der Waals surface area contributed by atoms with Crippen molar-refractivity contribution in [2.24, 2.45) is 4.99 Å². The summed E-state index contributed by atoms with van der Waals surface area (Å²) in [5.41, 5.74) is 0. The quantitative estimate of drug-likeness (QED) is 0.187. The van der Waals surface area contributed by atoms with Crippen LogP contribution in [0.4, 0.5) is 0 Å². The minimum Gasteiger partial charge on any atom is -0.357 e. The first-order valence-electron chi connectivity index (χ1n) is 8.67. The van der Waals surface area contributed by atoms with Crippen LogP contribution in [0.3, 0.4) is 0 Å². The molecule has 1 saturated heterocycles. The van der Waals surface area contributed by atoms with Crippen LogP contribution < -0.4 is 10.6 Å². The van der Waals surface area contributed by atoms with Crippen LogP contribution in [0, 0.1) is 0 Å². The highest BCUT2D eigenvalue weighted by atomic mass is 127. The first-order valence-corrected chi connectivity index (χ1v) is 10.3. The van der Waals surface area contributed by atoms with Gasteiger partial charge in [-0.1, -0.05) is 19.1 Å². The fourth-order valence-corrected chi connectivity index (χ4v) is 4.14. The van der Waals surface area contributed by atoms with Crippen LogP contribution >= 0.6 is 24.0 Å². The van der Waals surface area contributed by atoms with Crippen molar-refractivity contribution < 1.29 is 8.42 Å². The van der Waals surface area contributed by atoms with Gasteiger partial charge in [0.2, 0.25) is 10.0 Å². The van der Waals surface area contributed by atoms with Crippen molar-refractivity contribution in [3.63, 3.8) is 0 Å². The highest BCUT2D eigenvalue weighted by molar-refractivity contribution is 14.0. The smallest absolute Gasteiger partial charge is 0.214 e. The molecule has 0 amide bonds. The predicted molar refractivity (Wildman–Crippen MR) is 113 cm³/mol. The minimum atomic E-state index is -3.06. The molecule has 0 spiro atoms. The molecule has 0 atom stereocenters. The Hall–Kier alpha value is -0.350. The van der Waals surface area contributed by atoms with E-state index in [4.69, 9.17) is 0 Å². The summed E-state index contributed by atoms with van der Waals surface area (Å²) in [7, 11) is -3.06. The number of rotatable bonds is 8. The van der Waals surface area contributed by atoms with Gasteiger partial charge in [-0.15, -0.1) is 24.0 Å². The Labute approximate surface area is 164 Å². The zero-order chi connectivity index (χ0) is 17.1. The maximum Gasteiger partial charge on any atom is 0.214 e. The number of nitrogens with zero attached hydrogens (tertiary/aromatic N) is 2. The molecule has 1 rings (SSSR count). The van der Waals surface area contributed by atoms with Crippen molar-refractivity contribution in [2.45, 2.75) is 52.5 Å². The second-order valence-electron chi connectivity index (χ2n) is 5.75. The van der Waals surface area contributed by atoms with Gasteiger partial charge >= 0.3 is 0 Å². The van der Waals surface area contributed by atoms with Crippen molar-refractivity contribution >= 4 is 40.0 Å². The Morgan fingerprint density at radius 2 is 1.96 bits per heavy atom. The summed E-state index contributed by atoms with van der Waals surface area (Å²) in [6.45, 7) is 8.72. The molecule has 0 bridgehead atoms. The van der Waals surface area contributed by atoms with Crippen molar-refractivity contribution in [3.8, 4) is 0 Å². The molecule has 0 radical (unpaired) electrons. The summed E-state index contributed by atoms with van der Waals surface area (Å²) in [6.07, 6.45) is 7.38. The molecule has 24 heavy (non-hydrogen) atoms. The number of guanidine groups is 1. The Kier molecular flexibility index (Phi) is 12.7. The molecule has 0 aromatic carbocycles. The lowest BCUT2D eigenvalue weighted by molar-refractivity contribution is 0.306. The van der Waals surface area contributed by atoms with E-state index in [-0.39, 0.29) is 35.8 Å². The van der Waals surface area contributed by atoms with Crippen LogP contribution in [0.5, 0.6) is 0 Å². The fraction of sp³-hybridized carbons (Fsp3) is 0.812. The zero-order valence-corrected chi connectivity index (χ0v) is 18.3. The molecule has 1 aliphatic rings. The average molecular weight is 472 g/mol. The van der Waals surface area contributed by atoms with E-state index in [1.54, 1.807) is 4.31 Å². The van der Waals surface area contributed by atoms with E-state index in [0.29, 0.717) is 19.5 Å². The largest absolute Gasteiger partial charge is 0.357 e. The summed E-state index contributed by atoms with van der Waals surface area (Å²) in [5, 5.41) is 6.68. The summed E-state index contributed by atoms with van der Waals surface area (Å²) in [4.78, 5) is 4.55. The molecule has 2 N–H and O–H groups in total. The van der Waals surface area contributed by atoms with Gasteiger partial charge in [0.05, 0.1) is 5.75 Å². The summed E-state index contributed by atoms with van der Waals surface area (Å²) >= 11 is 0. The van der Waals surface area contributed by atoms with Gasteiger partial charge in [-0.05, 0) is 39.5 Å². The summed E-state index contributed by atoms with van der Waals surface area (Å²) in [5.74, 6) is 1.08. The number of hydrogen-bond donors (Lipinski definition) is 2. The number of piperidine rings is 1. The highest BCUT2D eigenvalue weighted by Crippen LogP contribution is 2.15. The molecular formula is C16H33IN4O2S. The van der Waals surface area contributed by atoms with Crippen LogP contribution in [0.25, 0.3) is 0 Å². The molecule has 0 aromatic rings. The van der Waals surface area contributed by atoms with Gasteiger partial charge in [0.15, 0.2) is 5.96 Å². The maximum atomic E-state index is 12.1. The highest BCUT2D eigenvalue weighted by Gasteiger charge is 2.27. The van der Waals surface area contributed by atoms with Crippen molar-refractivity contribution in [1.82, 2.24) is 14.9 Å². The van der Waals surface area contributed by atoms with Gasteiger partial charge in [-0.3, -0.25) is 4.99 Å². The van der Waals surface area contributed by atoms with E-state index in [9.17, 15) is 8.42 Å². The molecular weight excluding hydrogens is 439 g/mol. The molecule has 6 nitrogen and oxygen atoms in total. The monoisotopic (exact) mass is 472 g/mol. The third kappa shape index (κ3) is 8.66. The van der Waals surface area contributed by atoms with Crippen molar-refractivity contribution in [3.05, 3.63) is 12.2 Å². The van der Waals surface area contributed by atoms with E-state index in [2.05, 4.69) is 21.7 Å². The number of halogens is 1. The van der Waals surface area contributed by atoms with E-state index < -0.39 is 10.0 Å². The van der Waals surface area contributed by atoms with E-state index >= 15 is 0 Å². The van der Waals surface area contributed by atoms with Crippen molar-refractivity contribution in [2.75, 3.05) is 31.9 Å². The van der Waals surface area contributed by atoms with Crippen LogP contribution in [0.1, 0.15) is 46.5 Å². The van der Waals surface area contributed by atoms with Crippen LogP contribution in [0.15, 0.2) is 17.1 Å². The predicted octanol–water partition coefficient (Wildman–Crippen LogP) is 2.33. The Balaban J connectivity index is 0.00000529. The third-order valence-corrected chi connectivity index (χ3v) is 5.87. The number of aliphatic imine (C=N–C) groups is 1. The summed E-state index contributed by atoms with van der Waals surface area (Å²) < 4.78 is 25.8. The SMILES string of the molecule is C/C=C/CCN=C(NCC)NC1CCN(S(=O)(=O)CCC)CC1.I. The first-order chi connectivity index (χ1) is 11.0. The Morgan fingerprint density at radius 1 is 1.29 bits per heavy atom. The molecule has 0 aliphatic carbocycles. The maximum absolute atomic E-state index is 12.1. The first kappa shape index (κ1) is 23.6. The number of nitrogens with one attached hydrogen (secondary N) is 2. The Bertz CT molecular complexity index is 486. The molecule has 1 heterocycles. The topological polar surface area (TPSA) is 73.8 Å². The minimum absolute atomic E-state index is 0. The summed E-state index contributed by atoms with van der Waals surface area (Å²) in [6, 6.07) is 0.280. The number of hydrogen-bond acceptors (Lipinski definition) is 3. The van der Waals surface area contributed by atoms with Gasteiger partial charge < -0.3 is 10.6 Å². The standard InChI is InChI=1S/C16H32N4O2S.HI/c1-4-7-8-11-18-16(17-6-3)19-15-9-12-20(13-10-15)23(21,22)14-5-2;/h4,7,15H,5-6,8-14H2,1-3H3,(H2,17,18,19);1H/b7-4+;. The van der Waals surface area contributed by atoms with E-state index in [1.807, 2.05) is 26.8 Å². The lowest BCUT2D eigenvalue weighted by atomic mass is 10.1.